The molecule has 0 saturated heterocycles. The van der Waals surface area contributed by atoms with Gasteiger partial charge < -0.3 is 5.32 Å². The number of nitro benzene ring substituents is 1. The van der Waals surface area contributed by atoms with Crippen LogP contribution in [0, 0.1) is 17.0 Å². The van der Waals surface area contributed by atoms with Crippen molar-refractivity contribution in [2.24, 2.45) is 0 Å². The fraction of sp³-hybridized carbons (Fsp3) is 0.250. The van der Waals surface area contributed by atoms with Crippen LogP contribution < -0.4 is 5.32 Å². The monoisotopic (exact) mass is 302 g/mol. The molecule has 2 aromatic carbocycles. The molecule has 4 nitrogen and oxygen atoms in total. The van der Waals surface area contributed by atoms with E-state index in [1.165, 1.54) is 11.1 Å². The molecule has 0 radical (unpaired) electrons. The highest BCUT2D eigenvalue weighted by molar-refractivity contribution is 6.30. The van der Waals surface area contributed by atoms with Crippen LogP contribution in [0.4, 0.5) is 11.4 Å². The van der Waals surface area contributed by atoms with Crippen molar-refractivity contribution in [3.05, 3.63) is 68.2 Å². The van der Waals surface area contributed by atoms with Crippen molar-refractivity contribution in [3.8, 4) is 0 Å². The Hall–Kier alpha value is -2.07. The Labute approximate surface area is 127 Å². The van der Waals surface area contributed by atoms with Crippen molar-refractivity contribution in [3.63, 3.8) is 0 Å². The van der Waals surface area contributed by atoms with Gasteiger partial charge >= 0.3 is 0 Å². The quantitative estimate of drug-likeness (QED) is 0.685. The number of rotatable bonds is 3. The number of hydrogen-bond donors (Lipinski definition) is 1. The Morgan fingerprint density at radius 1 is 1.19 bits per heavy atom. The summed E-state index contributed by atoms with van der Waals surface area (Å²) in [5.74, 6) is 0. The second-order valence-electron chi connectivity index (χ2n) is 5.44. The van der Waals surface area contributed by atoms with Crippen LogP contribution in [0.2, 0.25) is 5.02 Å². The Morgan fingerprint density at radius 3 is 2.71 bits per heavy atom. The minimum absolute atomic E-state index is 0.120. The zero-order valence-corrected chi connectivity index (χ0v) is 12.4. The summed E-state index contributed by atoms with van der Waals surface area (Å²) in [7, 11) is 0. The van der Waals surface area contributed by atoms with Crippen molar-refractivity contribution in [2.75, 3.05) is 5.32 Å². The Bertz CT molecular complexity index is 715. The molecule has 0 saturated carbocycles. The van der Waals surface area contributed by atoms with E-state index >= 15 is 0 Å². The van der Waals surface area contributed by atoms with Gasteiger partial charge in [-0.2, -0.15) is 0 Å². The van der Waals surface area contributed by atoms with Crippen molar-refractivity contribution in [2.45, 2.75) is 25.8 Å². The minimum Gasteiger partial charge on any atom is -0.376 e. The molecule has 0 bridgehead atoms. The van der Waals surface area contributed by atoms with Gasteiger partial charge in [-0.1, -0.05) is 23.7 Å². The fourth-order valence-corrected chi connectivity index (χ4v) is 3.03. The van der Waals surface area contributed by atoms with Crippen molar-refractivity contribution >= 4 is 23.0 Å². The lowest BCUT2D eigenvalue weighted by atomic mass is 10.1. The van der Waals surface area contributed by atoms with Crippen molar-refractivity contribution < 1.29 is 4.92 Å². The van der Waals surface area contributed by atoms with Crippen LogP contribution in [0.25, 0.3) is 0 Å². The van der Waals surface area contributed by atoms with E-state index in [1.807, 2.05) is 31.2 Å². The molecule has 1 atom stereocenters. The Kier molecular flexibility index (Phi) is 3.55. The van der Waals surface area contributed by atoms with Crippen LogP contribution in [-0.2, 0) is 12.8 Å². The molecule has 0 heterocycles. The third kappa shape index (κ3) is 2.85. The van der Waals surface area contributed by atoms with E-state index in [1.54, 1.807) is 12.1 Å². The maximum atomic E-state index is 11.1. The topological polar surface area (TPSA) is 55.2 Å². The van der Waals surface area contributed by atoms with Gasteiger partial charge in [-0.25, -0.2) is 0 Å². The third-order valence-electron chi connectivity index (χ3n) is 3.81. The van der Waals surface area contributed by atoms with Crippen molar-refractivity contribution in [1.29, 1.82) is 0 Å². The number of nitrogens with zero attached hydrogens (tertiary/aromatic N) is 1. The van der Waals surface area contributed by atoms with E-state index in [9.17, 15) is 10.1 Å². The van der Waals surface area contributed by atoms with Gasteiger partial charge in [0, 0.05) is 17.1 Å². The number of benzene rings is 2. The van der Waals surface area contributed by atoms with Crippen LogP contribution in [0.3, 0.4) is 0 Å². The molecule has 3 rings (SSSR count). The molecule has 0 aliphatic heterocycles. The Morgan fingerprint density at radius 2 is 1.95 bits per heavy atom. The molecule has 1 aliphatic rings. The molecular formula is C16H15ClN2O2. The predicted octanol–water partition coefficient (Wildman–Crippen LogP) is 4.14. The molecule has 2 aromatic rings. The van der Waals surface area contributed by atoms with Gasteiger partial charge in [0.2, 0.25) is 0 Å². The first-order valence-corrected chi connectivity index (χ1v) is 7.19. The smallest absolute Gasteiger partial charge is 0.292 e. The zero-order chi connectivity index (χ0) is 15.0. The van der Waals surface area contributed by atoms with Crippen LogP contribution >= 0.6 is 11.6 Å². The summed E-state index contributed by atoms with van der Waals surface area (Å²) in [5, 5.41) is 15.2. The van der Waals surface area contributed by atoms with Crippen LogP contribution in [0.5, 0.6) is 0 Å². The summed E-state index contributed by atoms with van der Waals surface area (Å²) in [5.41, 5.74) is 4.18. The fourth-order valence-electron chi connectivity index (χ4n) is 2.83. The van der Waals surface area contributed by atoms with E-state index in [0.717, 1.165) is 23.4 Å². The molecule has 0 fully saturated rings. The molecule has 1 N–H and O–H groups in total. The third-order valence-corrected chi connectivity index (χ3v) is 4.04. The summed E-state index contributed by atoms with van der Waals surface area (Å²) in [6, 6.07) is 11.2. The lowest BCUT2D eigenvalue weighted by molar-refractivity contribution is -0.384. The van der Waals surface area contributed by atoms with Gasteiger partial charge in [0.05, 0.1) is 4.92 Å². The predicted molar refractivity (Wildman–Crippen MR) is 84.1 cm³/mol. The number of aryl methyl sites for hydroxylation is 1. The Balaban J connectivity index is 1.83. The molecule has 0 amide bonds. The van der Waals surface area contributed by atoms with E-state index in [4.69, 9.17) is 11.6 Å². The first-order valence-electron chi connectivity index (χ1n) is 6.82. The van der Waals surface area contributed by atoms with Gasteiger partial charge in [0.15, 0.2) is 0 Å². The summed E-state index contributed by atoms with van der Waals surface area (Å²) < 4.78 is 0. The average Bonchev–Trinajstić information content (AvgIpc) is 2.79. The largest absolute Gasteiger partial charge is 0.376 e. The molecule has 0 aromatic heterocycles. The van der Waals surface area contributed by atoms with Crippen LogP contribution in [-0.4, -0.2) is 11.0 Å². The van der Waals surface area contributed by atoms with Crippen LogP contribution in [0.15, 0.2) is 36.4 Å². The van der Waals surface area contributed by atoms with Gasteiger partial charge in [-0.15, -0.1) is 0 Å². The number of nitro groups is 1. The van der Waals surface area contributed by atoms with Crippen LogP contribution in [0.1, 0.15) is 16.7 Å². The molecule has 21 heavy (non-hydrogen) atoms. The van der Waals surface area contributed by atoms with Crippen molar-refractivity contribution in [1.82, 2.24) is 0 Å². The highest BCUT2D eigenvalue weighted by Crippen LogP contribution is 2.31. The number of nitrogens with one attached hydrogen (secondary N) is 1. The maximum Gasteiger partial charge on any atom is 0.292 e. The highest BCUT2D eigenvalue weighted by atomic mass is 35.5. The standard InChI is InChI=1S/C16H15ClN2O2/c1-10-2-5-16(19(20)21)15(6-10)18-14-8-11-3-4-13(17)7-12(11)9-14/h2-7,14,18H,8-9H2,1H3. The second kappa shape index (κ2) is 5.37. The number of hydrogen-bond acceptors (Lipinski definition) is 3. The normalized spacial score (nSPS) is 16.6. The number of halogens is 1. The number of fused-ring (bicyclic) bond motifs is 1. The van der Waals surface area contributed by atoms with Gasteiger partial charge in [0.25, 0.3) is 5.69 Å². The average molecular weight is 303 g/mol. The van der Waals surface area contributed by atoms with E-state index in [2.05, 4.69) is 5.32 Å². The van der Waals surface area contributed by atoms with Gasteiger partial charge in [-0.3, -0.25) is 10.1 Å². The first kappa shape index (κ1) is 13.9. The molecule has 1 aliphatic carbocycles. The van der Waals surface area contributed by atoms with E-state index < -0.39 is 0 Å². The SMILES string of the molecule is Cc1ccc([N+](=O)[O-])c(NC2Cc3ccc(Cl)cc3C2)c1. The minimum atomic E-state index is -0.346. The molecular weight excluding hydrogens is 288 g/mol. The lowest BCUT2D eigenvalue weighted by Gasteiger charge is -2.14. The highest BCUT2D eigenvalue weighted by Gasteiger charge is 2.24. The molecule has 5 heteroatoms. The first-order chi connectivity index (χ1) is 10.0. The molecule has 1 unspecified atom stereocenters. The number of anilines is 1. The zero-order valence-electron chi connectivity index (χ0n) is 11.6. The van der Waals surface area contributed by atoms with E-state index in [0.29, 0.717) is 5.69 Å². The van der Waals surface area contributed by atoms with Gasteiger partial charge in [0.1, 0.15) is 5.69 Å². The maximum absolute atomic E-state index is 11.1. The molecule has 108 valence electrons. The molecule has 0 spiro atoms. The summed E-state index contributed by atoms with van der Waals surface area (Å²) in [6.45, 7) is 1.93. The van der Waals surface area contributed by atoms with E-state index in [-0.39, 0.29) is 16.7 Å². The van der Waals surface area contributed by atoms with Gasteiger partial charge in [-0.05, 0) is 54.7 Å². The summed E-state index contributed by atoms with van der Waals surface area (Å²) >= 11 is 6.01. The second-order valence-corrected chi connectivity index (χ2v) is 5.88. The summed E-state index contributed by atoms with van der Waals surface area (Å²) in [4.78, 5) is 10.8. The summed E-state index contributed by atoms with van der Waals surface area (Å²) in [6.07, 6.45) is 1.69. The lowest BCUT2D eigenvalue weighted by Crippen LogP contribution is -2.20.